The molecule has 0 aliphatic heterocycles. The van der Waals surface area contributed by atoms with Gasteiger partial charge in [-0.1, -0.05) is 171 Å². The van der Waals surface area contributed by atoms with Crippen molar-refractivity contribution in [2.45, 2.75) is 254 Å². The van der Waals surface area contributed by atoms with E-state index in [2.05, 4.69) is 388 Å². The molecule has 0 radical (unpaired) electrons. The fourth-order valence-electron chi connectivity index (χ4n) is 16.3. The van der Waals surface area contributed by atoms with Crippen molar-refractivity contribution in [3.05, 3.63) is 222 Å². The Kier molecular flexibility index (Phi) is 56.2. The third-order valence-corrected chi connectivity index (χ3v) is 32.9. The van der Waals surface area contributed by atoms with Crippen LogP contribution in [0.25, 0.3) is 0 Å². The highest BCUT2D eigenvalue weighted by Gasteiger charge is 2.63. The Bertz CT molecular complexity index is 4630. The Labute approximate surface area is 872 Å². The van der Waals surface area contributed by atoms with E-state index in [-0.39, 0.29) is 0 Å². The molecule has 20 nitrogen and oxygen atoms in total. The molecule has 9 aromatic carbocycles. The maximum atomic E-state index is 12.0. The molecule has 0 aliphatic carbocycles. The maximum Gasteiger partial charge on any atom is 0.470 e. The minimum absolute atomic E-state index is 1.08. The highest BCUT2D eigenvalue weighted by atomic mass is 32.3. The summed E-state index contributed by atoms with van der Waals surface area (Å²) in [6.45, 7) is 41.0. The van der Waals surface area contributed by atoms with Gasteiger partial charge in [0.05, 0.1) is 25.1 Å². The third-order valence-electron chi connectivity index (χ3n) is 25.8. The zero-order valence-corrected chi connectivity index (χ0v) is 93.3. The number of hydrogen-bond acceptors (Lipinski definition) is 17. The van der Waals surface area contributed by atoms with E-state index in [0.717, 1.165) is 84.8 Å². The molecule has 0 fully saturated rings. The first-order chi connectivity index (χ1) is 69.4. The fraction of sp³-hybridized carbons (Fsp3) is 0.513. The van der Waals surface area contributed by atoms with Gasteiger partial charge >= 0.3 is 16.5 Å². The Hall–Kier alpha value is -9.61. The van der Waals surface area contributed by atoms with Crippen molar-refractivity contribution in [2.24, 2.45) is 0 Å². The molecule has 0 bridgehead atoms. The summed E-state index contributed by atoms with van der Waals surface area (Å²) in [7, 11) is -10.9. The number of nitrogens with zero attached hydrogens (tertiary/aromatic N) is 9. The summed E-state index contributed by atoms with van der Waals surface area (Å²) >= 11 is -1.86. The molecule has 0 amide bonds. The monoisotopic (exact) mass is 2120 g/mol. The molecule has 33 heteroatoms. The molecule has 4 atom stereocenters. The van der Waals surface area contributed by atoms with Crippen LogP contribution in [0.5, 0.6) is 0 Å². The first-order valence-electron chi connectivity index (χ1n) is 52.4. The van der Waals surface area contributed by atoms with Crippen molar-refractivity contribution in [1.29, 1.82) is 0 Å². The number of hydrogen-bond donors (Lipinski definition) is 3. The molecule has 146 heavy (non-hydrogen) atoms. The molecule has 0 spiro atoms. The first-order valence-corrected chi connectivity index (χ1v) is 58.3. The van der Waals surface area contributed by atoms with Crippen molar-refractivity contribution < 1.29 is 88.2 Å². The van der Waals surface area contributed by atoms with Gasteiger partial charge in [0.2, 0.25) is 0 Å². The molecule has 3 N–H and O–H groups in total. The van der Waals surface area contributed by atoms with Crippen LogP contribution in [-0.2, 0) is 40.6 Å². The first kappa shape index (κ1) is 127. The number of quaternary nitrogens is 3. The average Bonchev–Trinajstić information content (AvgIpc) is 0.715. The minimum Gasteiger partial charge on any atom is -0.773 e. The number of alkyl halides is 9. The van der Waals surface area contributed by atoms with E-state index < -0.39 is 61.0 Å². The number of anilines is 12. The molecule has 0 aromatic heterocycles. The Morgan fingerprint density at radius 2 is 0.329 bits per heavy atom. The highest BCUT2D eigenvalue weighted by molar-refractivity contribution is 8.29. The van der Waals surface area contributed by atoms with Crippen LogP contribution in [0.3, 0.4) is 0 Å². The SMILES string of the molecule is CCCCN(CCCC)c1ccc(N(C)c2ccc([NH+](C)c3ccc(N(CCCC)CCCC)cc3)cc2)cc1.CCCCN(CCCC)c1ccc(N(C)c2ccc([NH+](C)c3ccc(N(CCCC)CCCC)cc3)cc2)cc1.CCCCN(CCCC)c1ccc(N(C)c2ccc([NH+](C)c3ccc(N(CCCC)CCCC)cc3)cc2)cc1.CS(=O)[O-].O=S(=O)([C-](S(=O)(=O)C(F)(F)F)S(=O)(=O)C(F)(F)F)C(F)(F)F. The van der Waals surface area contributed by atoms with Gasteiger partial charge in [-0.25, -0.2) is 0 Å². The van der Waals surface area contributed by atoms with Crippen LogP contribution >= 0.6 is 0 Å². The van der Waals surface area contributed by atoms with E-state index in [1.54, 1.807) is 0 Å². The highest BCUT2D eigenvalue weighted by Crippen LogP contribution is 2.48. The zero-order chi connectivity index (χ0) is 108. The fourth-order valence-corrected chi connectivity index (χ4v) is 22.0. The summed E-state index contributed by atoms with van der Waals surface area (Å²) in [6.07, 6.45) is 30.9. The Morgan fingerprint density at radius 3 is 0.432 bits per heavy atom. The lowest BCUT2D eigenvalue weighted by atomic mass is 10.1. The van der Waals surface area contributed by atoms with Gasteiger partial charge < -0.3 is 48.7 Å². The smallest absolute Gasteiger partial charge is 0.470 e. The lowest BCUT2D eigenvalue weighted by molar-refractivity contribution is -0.735. The van der Waals surface area contributed by atoms with Crippen LogP contribution in [0.4, 0.5) is 142 Å². The van der Waals surface area contributed by atoms with Gasteiger partial charge in [-0.15, -0.1) is 0 Å². The second kappa shape index (κ2) is 64.7. The summed E-state index contributed by atoms with van der Waals surface area (Å²) < 4.78 is 185. The molecule has 0 heterocycles. The summed E-state index contributed by atoms with van der Waals surface area (Å²) in [5.74, 6) is 0. The molecule has 9 rings (SSSR count). The van der Waals surface area contributed by atoms with Crippen molar-refractivity contribution in [3.63, 3.8) is 0 Å². The largest absolute Gasteiger partial charge is 0.773 e. The Morgan fingerprint density at radius 1 is 0.233 bits per heavy atom. The number of halogens is 9. The van der Waals surface area contributed by atoms with Gasteiger partial charge in [-0.2, -0.15) is 39.5 Å². The molecule has 4 unspecified atom stereocenters. The second-order valence-electron chi connectivity index (χ2n) is 37.0. The predicted octanol–water partition coefficient (Wildman–Crippen LogP) is 27.0. The standard InChI is InChI=1S/3C36H54N4.C4F9O6S3.CH4O2S/c3*1-7-11-27-39(28-12-8-2)35-23-19-33(20-24-35)37(5)31-15-17-32(18-16-31)38(6)34-21-25-36(26-22-34)40(29-13-9-3)30-14-10-4;5-2(6,7)20(14,15)1(21(16,17)3(8,9)10)22(18,19)4(11,12)13;1-4(2)3/h3*15-26H,7-14,27-30H2,1-6H3;;1H3,(H,2,3)/q;;;-1;/p+2. The predicted molar refractivity (Wildman–Crippen MR) is 596 cm³/mol. The summed E-state index contributed by atoms with van der Waals surface area (Å²) in [4.78, 5) is 26.1. The van der Waals surface area contributed by atoms with Gasteiger partial charge in [0.1, 0.15) is 34.1 Å². The molecular weight excluding hydrogens is 1950 g/mol. The maximum absolute atomic E-state index is 12.0. The zero-order valence-electron chi connectivity index (χ0n) is 90.1. The number of rotatable bonds is 57. The van der Waals surface area contributed by atoms with E-state index >= 15 is 0 Å². The number of benzene rings is 9. The molecular formula is C113H168F9N12O8S4+. The van der Waals surface area contributed by atoms with E-state index in [1.807, 2.05) is 0 Å². The van der Waals surface area contributed by atoms with Crippen LogP contribution in [0.1, 0.15) is 237 Å². The van der Waals surface area contributed by atoms with Crippen LogP contribution < -0.4 is 58.8 Å². The van der Waals surface area contributed by atoms with Gasteiger partial charge in [-0.05, 0) is 229 Å². The number of sulfone groups is 3. The molecule has 0 saturated heterocycles. The third kappa shape index (κ3) is 39.7. The molecule has 814 valence electrons. The summed E-state index contributed by atoms with van der Waals surface area (Å²) in [6, 6.07) is 81.9. The van der Waals surface area contributed by atoms with Crippen LogP contribution in [0.15, 0.2) is 218 Å². The van der Waals surface area contributed by atoms with E-state index in [9.17, 15) is 64.8 Å². The summed E-state index contributed by atoms with van der Waals surface area (Å²) in [5, 5.41) is 0. The Balaban J connectivity index is 0.000000345. The van der Waals surface area contributed by atoms with Gasteiger partial charge in [0.15, 0.2) is 29.5 Å². The van der Waals surface area contributed by atoms with Crippen LogP contribution in [-0.4, -0.2) is 178 Å². The van der Waals surface area contributed by atoms with Gasteiger partial charge in [0.25, 0.3) is 0 Å². The van der Waals surface area contributed by atoms with Crippen LogP contribution in [0.2, 0.25) is 0 Å². The van der Waals surface area contributed by atoms with Crippen LogP contribution in [0, 0.1) is 3.91 Å². The molecule has 0 saturated carbocycles. The lowest BCUT2D eigenvalue weighted by Gasteiger charge is -2.31. The van der Waals surface area contributed by atoms with Gasteiger partial charge in [0, 0.05) is 241 Å². The van der Waals surface area contributed by atoms with E-state index in [1.165, 1.54) is 271 Å². The lowest BCUT2D eigenvalue weighted by Crippen LogP contribution is -2.98. The second-order valence-corrected chi connectivity index (χ2v) is 44.3. The number of nitrogens with one attached hydrogen (secondary N) is 3. The van der Waals surface area contributed by atoms with Crippen molar-refractivity contribution in [1.82, 2.24) is 0 Å². The van der Waals surface area contributed by atoms with Crippen molar-refractivity contribution in [2.75, 3.05) is 171 Å². The van der Waals surface area contributed by atoms with Crippen molar-refractivity contribution >= 4 is 143 Å². The average molecular weight is 2120 g/mol. The quantitative estimate of drug-likeness (QED) is 0.0186. The summed E-state index contributed by atoms with van der Waals surface area (Å²) in [5.41, 5.74) is 1.85. The van der Waals surface area contributed by atoms with Gasteiger partial charge in [-0.3, -0.25) is 44.2 Å². The van der Waals surface area contributed by atoms with Crippen molar-refractivity contribution in [3.8, 4) is 0 Å². The topological polar surface area (TPSA) is 185 Å². The molecule has 0 aliphatic rings. The van der Waals surface area contributed by atoms with E-state index in [0.29, 0.717) is 0 Å². The minimum atomic E-state index is -8.02. The molecule has 9 aromatic rings. The normalized spacial score (nSPS) is 12.6. The van der Waals surface area contributed by atoms with E-state index in [4.69, 9.17) is 8.76 Å². The number of unbranched alkanes of at least 4 members (excludes halogenated alkanes) is 12.